The Hall–Kier alpha value is -2.97. The van der Waals surface area contributed by atoms with Crippen LogP contribution in [0, 0.1) is 11.8 Å². The summed E-state index contributed by atoms with van der Waals surface area (Å²) in [6, 6.07) is 5.61. The number of piperidine rings is 1. The van der Waals surface area contributed by atoms with E-state index in [-0.39, 0.29) is 25.8 Å². The standard InChI is InChI=1S/C20H18F2N4O3/c21-20(22)12-7-26(8-13(12)20)18-11-3-4-23-19(27)17(11)24-16(25-18)6-10-1-2-14-15(5-10)29-9-28-14/h1-2,5,12-13H,3-4,6-9H2,(H,23,27). The molecule has 2 unspecified atom stereocenters. The summed E-state index contributed by atoms with van der Waals surface area (Å²) in [6.45, 7) is 1.24. The van der Waals surface area contributed by atoms with Crippen LogP contribution in [0.1, 0.15) is 27.4 Å². The number of carbonyl (C=O) groups excluding carboxylic acids is 1. The van der Waals surface area contributed by atoms with E-state index in [9.17, 15) is 13.6 Å². The largest absolute Gasteiger partial charge is 0.454 e. The van der Waals surface area contributed by atoms with Crippen molar-refractivity contribution in [2.24, 2.45) is 11.8 Å². The maximum atomic E-state index is 13.7. The summed E-state index contributed by atoms with van der Waals surface area (Å²) in [7, 11) is 0. The summed E-state index contributed by atoms with van der Waals surface area (Å²) < 4.78 is 38.1. The molecule has 2 atom stereocenters. The SMILES string of the molecule is O=C1NCCc2c1nc(Cc1ccc3c(c1)OCO3)nc2N1CC2C(C1)C2(F)F. The molecule has 4 aliphatic rings. The third kappa shape index (κ3) is 2.56. The molecular formula is C20H18F2N4O3. The molecule has 2 aromatic rings. The second-order valence-corrected chi connectivity index (χ2v) is 7.95. The van der Waals surface area contributed by atoms with Gasteiger partial charge in [-0.3, -0.25) is 4.79 Å². The summed E-state index contributed by atoms with van der Waals surface area (Å²) in [4.78, 5) is 23.5. The second-order valence-electron chi connectivity index (χ2n) is 7.95. The van der Waals surface area contributed by atoms with Gasteiger partial charge in [0.25, 0.3) is 11.8 Å². The quantitative estimate of drug-likeness (QED) is 0.847. The zero-order valence-corrected chi connectivity index (χ0v) is 15.5. The number of hydrogen-bond acceptors (Lipinski definition) is 6. The van der Waals surface area contributed by atoms with E-state index in [1.807, 2.05) is 23.1 Å². The number of anilines is 1. The van der Waals surface area contributed by atoms with Crippen LogP contribution in [-0.4, -0.2) is 48.2 Å². The number of fused-ring (bicyclic) bond motifs is 3. The van der Waals surface area contributed by atoms with Gasteiger partial charge >= 0.3 is 0 Å². The van der Waals surface area contributed by atoms with Crippen LogP contribution in [0.3, 0.4) is 0 Å². The predicted molar refractivity (Wildman–Crippen MR) is 97.6 cm³/mol. The number of benzene rings is 1. The molecule has 29 heavy (non-hydrogen) atoms. The number of hydrogen-bond donors (Lipinski definition) is 1. The molecule has 7 nitrogen and oxygen atoms in total. The fourth-order valence-electron chi connectivity index (χ4n) is 4.57. The fourth-order valence-corrected chi connectivity index (χ4v) is 4.57. The molecule has 1 saturated carbocycles. The van der Waals surface area contributed by atoms with Crippen LogP contribution in [-0.2, 0) is 12.8 Å². The molecule has 1 aromatic heterocycles. The maximum Gasteiger partial charge on any atom is 0.270 e. The van der Waals surface area contributed by atoms with Gasteiger partial charge in [0, 0.05) is 31.6 Å². The Morgan fingerprint density at radius 1 is 1.17 bits per heavy atom. The van der Waals surface area contributed by atoms with E-state index in [0.29, 0.717) is 48.2 Å². The molecule has 4 heterocycles. The molecule has 0 spiro atoms. The highest BCUT2D eigenvalue weighted by Gasteiger charge is 2.72. The van der Waals surface area contributed by atoms with Crippen molar-refractivity contribution < 1.29 is 23.0 Å². The van der Waals surface area contributed by atoms with Gasteiger partial charge in [-0.2, -0.15) is 0 Å². The smallest absolute Gasteiger partial charge is 0.270 e. The maximum absolute atomic E-state index is 13.7. The Morgan fingerprint density at radius 3 is 2.79 bits per heavy atom. The van der Waals surface area contributed by atoms with Crippen molar-refractivity contribution in [3.05, 3.63) is 40.8 Å². The van der Waals surface area contributed by atoms with Crippen molar-refractivity contribution in [2.45, 2.75) is 18.8 Å². The molecule has 1 aromatic carbocycles. The lowest BCUT2D eigenvalue weighted by Gasteiger charge is -2.27. The van der Waals surface area contributed by atoms with Gasteiger partial charge in [0.05, 0.1) is 11.8 Å². The molecule has 3 aliphatic heterocycles. The molecule has 2 fully saturated rings. The molecule has 0 radical (unpaired) electrons. The third-order valence-corrected chi connectivity index (χ3v) is 6.21. The first-order chi connectivity index (χ1) is 14.0. The summed E-state index contributed by atoms with van der Waals surface area (Å²) >= 11 is 0. The van der Waals surface area contributed by atoms with Gasteiger partial charge in [-0.1, -0.05) is 6.07 Å². The Labute approximate surface area is 165 Å². The molecule has 1 saturated heterocycles. The van der Waals surface area contributed by atoms with Crippen molar-refractivity contribution >= 4 is 11.7 Å². The van der Waals surface area contributed by atoms with E-state index in [2.05, 4.69) is 10.3 Å². The van der Waals surface area contributed by atoms with E-state index in [1.165, 1.54) is 0 Å². The topological polar surface area (TPSA) is 76.6 Å². The van der Waals surface area contributed by atoms with Crippen LogP contribution in [0.25, 0.3) is 0 Å². The lowest BCUT2D eigenvalue weighted by Crippen LogP contribution is -2.37. The normalized spacial score (nSPS) is 25.4. The van der Waals surface area contributed by atoms with Crippen molar-refractivity contribution in [1.29, 1.82) is 0 Å². The van der Waals surface area contributed by atoms with E-state index >= 15 is 0 Å². The lowest BCUT2D eigenvalue weighted by atomic mass is 10.0. The first-order valence-corrected chi connectivity index (χ1v) is 9.70. The number of carbonyl (C=O) groups is 1. The molecule has 1 aliphatic carbocycles. The minimum absolute atomic E-state index is 0.195. The number of nitrogens with zero attached hydrogens (tertiary/aromatic N) is 3. The summed E-state index contributed by atoms with van der Waals surface area (Å²) in [5.41, 5.74) is 2.03. The van der Waals surface area contributed by atoms with Gasteiger partial charge in [-0.15, -0.1) is 0 Å². The van der Waals surface area contributed by atoms with Crippen LogP contribution >= 0.6 is 0 Å². The first kappa shape index (κ1) is 16.9. The van der Waals surface area contributed by atoms with Crippen LogP contribution < -0.4 is 19.7 Å². The van der Waals surface area contributed by atoms with Crippen LogP contribution in [0.5, 0.6) is 11.5 Å². The van der Waals surface area contributed by atoms with Crippen molar-refractivity contribution in [1.82, 2.24) is 15.3 Å². The zero-order chi connectivity index (χ0) is 19.8. The van der Waals surface area contributed by atoms with E-state index in [0.717, 1.165) is 11.1 Å². The number of amides is 1. The number of alkyl halides is 2. The summed E-state index contributed by atoms with van der Waals surface area (Å²) in [6.07, 6.45) is 1.00. The number of rotatable bonds is 3. The number of halogens is 2. The van der Waals surface area contributed by atoms with E-state index in [4.69, 9.17) is 14.5 Å². The number of nitrogens with one attached hydrogen (secondary N) is 1. The summed E-state index contributed by atoms with van der Waals surface area (Å²) in [5, 5.41) is 2.81. The monoisotopic (exact) mass is 400 g/mol. The van der Waals surface area contributed by atoms with Crippen LogP contribution in [0.15, 0.2) is 18.2 Å². The average Bonchev–Trinajstić information content (AvgIpc) is 3.15. The lowest BCUT2D eigenvalue weighted by molar-refractivity contribution is 0.0795. The van der Waals surface area contributed by atoms with Gasteiger partial charge in [0.2, 0.25) is 6.79 Å². The highest BCUT2D eigenvalue weighted by Crippen LogP contribution is 2.59. The minimum Gasteiger partial charge on any atom is -0.454 e. The van der Waals surface area contributed by atoms with E-state index in [1.54, 1.807) is 0 Å². The minimum atomic E-state index is -2.56. The van der Waals surface area contributed by atoms with Gasteiger partial charge in [0.15, 0.2) is 11.5 Å². The molecular weight excluding hydrogens is 382 g/mol. The molecule has 1 N–H and O–H groups in total. The first-order valence-electron chi connectivity index (χ1n) is 9.70. The summed E-state index contributed by atoms with van der Waals surface area (Å²) in [5.74, 6) is -1.54. The Balaban J connectivity index is 1.35. The molecule has 9 heteroatoms. The predicted octanol–water partition coefficient (Wildman–Crippen LogP) is 1.78. The van der Waals surface area contributed by atoms with Gasteiger partial charge in [-0.25, -0.2) is 18.7 Å². The molecule has 6 rings (SSSR count). The van der Waals surface area contributed by atoms with Gasteiger partial charge in [-0.05, 0) is 24.1 Å². The van der Waals surface area contributed by atoms with Crippen molar-refractivity contribution in [3.8, 4) is 11.5 Å². The van der Waals surface area contributed by atoms with Gasteiger partial charge in [0.1, 0.15) is 17.3 Å². The Morgan fingerprint density at radius 2 is 1.97 bits per heavy atom. The molecule has 150 valence electrons. The van der Waals surface area contributed by atoms with Crippen LogP contribution in [0.4, 0.5) is 14.6 Å². The highest BCUT2D eigenvalue weighted by molar-refractivity contribution is 5.96. The van der Waals surface area contributed by atoms with E-state index < -0.39 is 17.8 Å². The number of ether oxygens (including phenoxy) is 2. The molecule has 1 amide bonds. The zero-order valence-electron chi connectivity index (χ0n) is 15.5. The van der Waals surface area contributed by atoms with Gasteiger partial charge < -0.3 is 19.7 Å². The Bertz CT molecular complexity index is 1030. The number of aromatic nitrogens is 2. The van der Waals surface area contributed by atoms with Crippen LogP contribution in [0.2, 0.25) is 0 Å². The van der Waals surface area contributed by atoms with Crippen molar-refractivity contribution in [2.75, 3.05) is 31.3 Å². The fraction of sp³-hybridized carbons (Fsp3) is 0.450. The second kappa shape index (κ2) is 5.77. The third-order valence-electron chi connectivity index (χ3n) is 6.21. The molecule has 0 bridgehead atoms. The average molecular weight is 400 g/mol. The Kier molecular flexibility index (Phi) is 3.37. The highest BCUT2D eigenvalue weighted by atomic mass is 19.3. The van der Waals surface area contributed by atoms with Crippen molar-refractivity contribution in [3.63, 3.8) is 0 Å².